The second-order valence-corrected chi connectivity index (χ2v) is 3.79. The predicted octanol–water partition coefficient (Wildman–Crippen LogP) is 3.93. The monoisotopic (exact) mass is 248 g/mol. The molecule has 0 unspecified atom stereocenters. The summed E-state index contributed by atoms with van der Waals surface area (Å²) in [6.45, 7) is 0. The molecule has 2 nitrogen and oxygen atoms in total. The molecule has 0 amide bonds. The summed E-state index contributed by atoms with van der Waals surface area (Å²) in [5.41, 5.74) is 3.80. The van der Waals surface area contributed by atoms with E-state index in [-0.39, 0.29) is 10.7 Å². The first-order valence-electron chi connectivity index (χ1n) is 5.05. The first-order chi connectivity index (χ1) is 8.27. The highest BCUT2D eigenvalue weighted by molar-refractivity contribution is 6.31. The Bertz CT molecular complexity index is 526. The molecule has 1 N–H and O–H groups in total. The number of nitrogens with zero attached hydrogens (tertiary/aromatic N) is 1. The Morgan fingerprint density at radius 2 is 1.82 bits per heavy atom. The summed E-state index contributed by atoms with van der Waals surface area (Å²) < 4.78 is 13.5. The number of hydrazone groups is 1. The fourth-order valence-corrected chi connectivity index (χ4v) is 1.48. The van der Waals surface area contributed by atoms with E-state index in [4.69, 9.17) is 11.6 Å². The fraction of sp³-hybridized carbons (Fsp3) is 0. The van der Waals surface area contributed by atoms with Crippen molar-refractivity contribution in [2.45, 2.75) is 0 Å². The quantitative estimate of drug-likeness (QED) is 0.646. The molecule has 4 heteroatoms. The number of halogens is 2. The van der Waals surface area contributed by atoms with Gasteiger partial charge in [0.1, 0.15) is 0 Å². The largest absolute Gasteiger partial charge is 0.275 e. The van der Waals surface area contributed by atoms with Crippen molar-refractivity contribution in [1.29, 1.82) is 0 Å². The average molecular weight is 249 g/mol. The molecule has 0 saturated heterocycles. The molecule has 0 atom stereocenters. The Morgan fingerprint density at radius 3 is 2.59 bits per heavy atom. The molecule has 0 aliphatic heterocycles. The lowest BCUT2D eigenvalue weighted by atomic mass is 10.2. The van der Waals surface area contributed by atoms with Crippen molar-refractivity contribution in [3.63, 3.8) is 0 Å². The van der Waals surface area contributed by atoms with Crippen LogP contribution in [-0.4, -0.2) is 6.21 Å². The van der Waals surface area contributed by atoms with Gasteiger partial charge < -0.3 is 0 Å². The zero-order valence-electron chi connectivity index (χ0n) is 8.90. The van der Waals surface area contributed by atoms with Crippen LogP contribution in [0.4, 0.5) is 10.1 Å². The lowest BCUT2D eigenvalue weighted by Gasteiger charge is -2.02. The lowest BCUT2D eigenvalue weighted by molar-refractivity contribution is 0.631. The van der Waals surface area contributed by atoms with Gasteiger partial charge in [0.15, 0.2) is 5.82 Å². The Kier molecular flexibility index (Phi) is 3.73. The maximum absolute atomic E-state index is 13.5. The molecular formula is C13H10ClFN2. The van der Waals surface area contributed by atoms with E-state index in [0.29, 0.717) is 0 Å². The van der Waals surface area contributed by atoms with Gasteiger partial charge in [-0.2, -0.15) is 5.10 Å². The Morgan fingerprint density at radius 1 is 1.06 bits per heavy atom. The number of anilines is 1. The van der Waals surface area contributed by atoms with Crippen LogP contribution < -0.4 is 5.43 Å². The Hall–Kier alpha value is -1.87. The number of benzene rings is 2. The van der Waals surface area contributed by atoms with Gasteiger partial charge in [0.05, 0.1) is 16.9 Å². The molecule has 2 aromatic rings. The van der Waals surface area contributed by atoms with Crippen LogP contribution >= 0.6 is 11.6 Å². The minimum Gasteiger partial charge on any atom is -0.275 e. The zero-order valence-corrected chi connectivity index (χ0v) is 9.66. The highest BCUT2D eigenvalue weighted by Gasteiger charge is 2.03. The average Bonchev–Trinajstić information content (AvgIpc) is 2.36. The highest BCUT2D eigenvalue weighted by Crippen LogP contribution is 2.21. The zero-order chi connectivity index (χ0) is 12.1. The summed E-state index contributed by atoms with van der Waals surface area (Å²) in [7, 11) is 0. The van der Waals surface area contributed by atoms with Gasteiger partial charge in [-0.25, -0.2) is 4.39 Å². The molecule has 0 aromatic heterocycles. The summed E-state index contributed by atoms with van der Waals surface area (Å²) in [6.07, 6.45) is 1.61. The molecule has 0 saturated carbocycles. The van der Waals surface area contributed by atoms with Crippen LogP contribution in [0, 0.1) is 5.82 Å². The summed E-state index contributed by atoms with van der Waals surface area (Å²) in [5, 5.41) is 4.01. The maximum atomic E-state index is 13.5. The third-order valence-electron chi connectivity index (χ3n) is 2.15. The van der Waals surface area contributed by atoms with E-state index in [1.165, 1.54) is 6.07 Å². The number of hydrogen-bond acceptors (Lipinski definition) is 2. The fourth-order valence-electron chi connectivity index (χ4n) is 1.31. The molecule has 17 heavy (non-hydrogen) atoms. The summed E-state index contributed by atoms with van der Waals surface area (Å²) >= 11 is 5.64. The van der Waals surface area contributed by atoms with Gasteiger partial charge in [0, 0.05) is 0 Å². The van der Waals surface area contributed by atoms with Gasteiger partial charge in [-0.3, -0.25) is 5.43 Å². The van der Waals surface area contributed by atoms with E-state index in [9.17, 15) is 4.39 Å². The van der Waals surface area contributed by atoms with Crippen molar-refractivity contribution in [2.75, 3.05) is 5.43 Å². The first-order valence-corrected chi connectivity index (χ1v) is 5.43. The van der Waals surface area contributed by atoms with Crippen LogP contribution in [-0.2, 0) is 0 Å². The summed E-state index contributed by atoms with van der Waals surface area (Å²) in [6, 6.07) is 14.3. The first kappa shape index (κ1) is 11.6. The smallest absolute Gasteiger partial charge is 0.166 e. The van der Waals surface area contributed by atoms with Crippen LogP contribution in [0.5, 0.6) is 0 Å². The highest BCUT2D eigenvalue weighted by atomic mass is 35.5. The van der Waals surface area contributed by atoms with Gasteiger partial charge >= 0.3 is 0 Å². The van der Waals surface area contributed by atoms with Crippen molar-refractivity contribution in [2.24, 2.45) is 5.10 Å². The molecule has 0 bridgehead atoms. The van der Waals surface area contributed by atoms with Crippen LogP contribution in [0.1, 0.15) is 5.56 Å². The lowest BCUT2D eigenvalue weighted by Crippen LogP contribution is -1.94. The van der Waals surface area contributed by atoms with E-state index in [2.05, 4.69) is 10.5 Å². The van der Waals surface area contributed by atoms with Crippen LogP contribution in [0.25, 0.3) is 0 Å². The Balaban J connectivity index is 2.08. The summed E-state index contributed by atoms with van der Waals surface area (Å²) in [5.74, 6) is -0.501. The van der Waals surface area contributed by atoms with Crippen molar-refractivity contribution in [1.82, 2.24) is 0 Å². The number of rotatable bonds is 3. The second kappa shape index (κ2) is 5.46. The molecular weight excluding hydrogens is 239 g/mol. The normalized spacial score (nSPS) is 10.7. The van der Waals surface area contributed by atoms with E-state index >= 15 is 0 Å². The summed E-state index contributed by atoms with van der Waals surface area (Å²) in [4.78, 5) is 0. The Labute approximate surface area is 104 Å². The topological polar surface area (TPSA) is 24.4 Å². The molecule has 0 aliphatic carbocycles. The van der Waals surface area contributed by atoms with E-state index in [0.717, 1.165) is 5.56 Å². The van der Waals surface area contributed by atoms with Crippen LogP contribution in [0.2, 0.25) is 5.02 Å². The number of hydrogen-bond donors (Lipinski definition) is 1. The molecule has 0 radical (unpaired) electrons. The molecule has 0 spiro atoms. The van der Waals surface area contributed by atoms with Crippen molar-refractivity contribution in [3.8, 4) is 0 Å². The van der Waals surface area contributed by atoms with Crippen LogP contribution in [0.15, 0.2) is 53.6 Å². The van der Waals surface area contributed by atoms with Gasteiger partial charge in [-0.1, -0.05) is 48.0 Å². The molecule has 2 aromatic carbocycles. The van der Waals surface area contributed by atoms with Crippen molar-refractivity contribution < 1.29 is 4.39 Å². The molecule has 2 rings (SSSR count). The van der Waals surface area contributed by atoms with Gasteiger partial charge in [-0.15, -0.1) is 0 Å². The second-order valence-electron chi connectivity index (χ2n) is 3.38. The molecule has 0 aliphatic rings. The minimum atomic E-state index is -0.501. The number of nitrogens with one attached hydrogen (secondary N) is 1. The molecule has 86 valence electrons. The third-order valence-corrected chi connectivity index (χ3v) is 2.44. The van der Waals surface area contributed by atoms with Crippen molar-refractivity contribution in [3.05, 3.63) is 64.9 Å². The van der Waals surface area contributed by atoms with Crippen molar-refractivity contribution >= 4 is 23.5 Å². The van der Waals surface area contributed by atoms with E-state index in [1.807, 2.05) is 30.3 Å². The molecule has 0 fully saturated rings. The van der Waals surface area contributed by atoms with Gasteiger partial charge in [0.2, 0.25) is 0 Å². The van der Waals surface area contributed by atoms with Crippen LogP contribution in [0.3, 0.4) is 0 Å². The van der Waals surface area contributed by atoms with E-state index in [1.54, 1.807) is 18.3 Å². The maximum Gasteiger partial charge on any atom is 0.166 e. The minimum absolute atomic E-state index is 0.0740. The molecule has 0 heterocycles. The third kappa shape index (κ3) is 3.04. The standard InChI is InChI=1S/C13H10ClFN2/c14-11-7-4-8-12(13(11)15)17-16-9-10-5-2-1-3-6-10/h1-9,17H/b16-9+. The predicted molar refractivity (Wildman–Crippen MR) is 69.1 cm³/mol. The SMILES string of the molecule is Fc1c(Cl)cccc1N/N=C/c1ccccc1. The van der Waals surface area contributed by atoms with Gasteiger partial charge in [0.25, 0.3) is 0 Å². The van der Waals surface area contributed by atoms with E-state index < -0.39 is 5.82 Å². The van der Waals surface area contributed by atoms with Gasteiger partial charge in [-0.05, 0) is 17.7 Å².